The normalized spacial score (nSPS) is 20.5. The smallest absolute Gasteiger partial charge is 0.296 e. The average Bonchev–Trinajstić information content (AvgIpc) is 3.25. The summed E-state index contributed by atoms with van der Waals surface area (Å²) in [6.07, 6.45) is 2.17. The molecular weight excluding hydrogens is 458 g/mol. The summed E-state index contributed by atoms with van der Waals surface area (Å²) in [7, 11) is 3.84. The van der Waals surface area contributed by atoms with Crippen LogP contribution in [0.15, 0.2) is 66.8 Å². The molecule has 4 rings (SSSR count). The van der Waals surface area contributed by atoms with E-state index >= 15 is 0 Å². The summed E-state index contributed by atoms with van der Waals surface area (Å²) in [5, 5.41) is 11.5. The number of para-hydroxylation sites is 1. The maximum Gasteiger partial charge on any atom is 0.296 e. The van der Waals surface area contributed by atoms with Crippen LogP contribution in [0.5, 0.6) is 5.75 Å². The number of carbonyl (C=O) groups is 3. The van der Waals surface area contributed by atoms with Gasteiger partial charge in [-0.25, -0.2) is 0 Å². The molecule has 2 amide bonds. The molecule has 1 atom stereocenters. The van der Waals surface area contributed by atoms with E-state index in [2.05, 4.69) is 6.58 Å². The Balaban J connectivity index is 1.92. The monoisotopic (exact) mass is 489 g/mol. The average molecular weight is 490 g/mol. The Morgan fingerprint density at radius 2 is 1.81 bits per heavy atom. The Kier molecular flexibility index (Phi) is 6.99. The molecule has 0 radical (unpaired) electrons. The second kappa shape index (κ2) is 9.99. The van der Waals surface area contributed by atoms with Crippen LogP contribution in [-0.2, 0) is 19.9 Å². The van der Waals surface area contributed by atoms with Crippen molar-refractivity contribution in [1.82, 2.24) is 9.80 Å². The highest BCUT2D eigenvalue weighted by Gasteiger charge is 2.66. The molecular formula is C28H31N3O5. The number of fused-ring (bicyclic) bond motifs is 2. The number of rotatable bonds is 9. The SMILES string of the molecule is C=CCOc1ccc(/C(O)=C2/C(=O)C(=O)N(CCCN(C)C)C23C(=O)N(CC)c2ccccc23)cc1. The van der Waals surface area contributed by atoms with Crippen molar-refractivity contribution < 1.29 is 24.2 Å². The van der Waals surface area contributed by atoms with Gasteiger partial charge in [0.15, 0.2) is 5.54 Å². The molecule has 1 fully saturated rings. The van der Waals surface area contributed by atoms with Gasteiger partial charge in [-0.2, -0.15) is 0 Å². The molecule has 2 aliphatic rings. The summed E-state index contributed by atoms with van der Waals surface area (Å²) >= 11 is 0. The number of anilines is 1. The molecule has 2 aliphatic heterocycles. The molecule has 8 heteroatoms. The molecule has 0 aromatic heterocycles. The van der Waals surface area contributed by atoms with Crippen LogP contribution < -0.4 is 9.64 Å². The number of amides is 2. The first kappa shape index (κ1) is 25.2. The minimum Gasteiger partial charge on any atom is -0.507 e. The van der Waals surface area contributed by atoms with E-state index in [0.717, 1.165) is 0 Å². The van der Waals surface area contributed by atoms with E-state index in [1.807, 2.05) is 32.0 Å². The molecule has 0 saturated carbocycles. The molecule has 1 spiro atoms. The van der Waals surface area contributed by atoms with E-state index in [0.29, 0.717) is 48.7 Å². The lowest BCUT2D eigenvalue weighted by Crippen LogP contribution is -2.52. The van der Waals surface area contributed by atoms with Crippen molar-refractivity contribution in [2.24, 2.45) is 0 Å². The Bertz CT molecular complexity index is 1230. The van der Waals surface area contributed by atoms with Gasteiger partial charge in [-0.3, -0.25) is 14.4 Å². The Labute approximate surface area is 211 Å². The number of aliphatic hydroxyl groups excluding tert-OH is 1. The molecule has 2 aromatic rings. The van der Waals surface area contributed by atoms with Crippen LogP contribution in [-0.4, -0.2) is 72.8 Å². The molecule has 1 saturated heterocycles. The number of hydrogen-bond donors (Lipinski definition) is 1. The van der Waals surface area contributed by atoms with E-state index in [9.17, 15) is 19.5 Å². The Morgan fingerprint density at radius 1 is 1.11 bits per heavy atom. The number of carbonyl (C=O) groups excluding carboxylic acids is 3. The highest BCUT2D eigenvalue weighted by molar-refractivity contribution is 6.50. The van der Waals surface area contributed by atoms with Gasteiger partial charge in [0, 0.05) is 24.2 Å². The lowest BCUT2D eigenvalue weighted by molar-refractivity contribution is -0.143. The lowest BCUT2D eigenvalue weighted by atomic mass is 9.82. The minimum absolute atomic E-state index is 0.186. The summed E-state index contributed by atoms with van der Waals surface area (Å²) in [6, 6.07) is 13.7. The van der Waals surface area contributed by atoms with Crippen molar-refractivity contribution in [3.05, 3.63) is 77.9 Å². The Hall–Kier alpha value is -3.91. The van der Waals surface area contributed by atoms with Crippen molar-refractivity contribution in [3.63, 3.8) is 0 Å². The number of nitrogens with zero attached hydrogens (tertiary/aromatic N) is 3. The molecule has 1 N–H and O–H groups in total. The summed E-state index contributed by atoms with van der Waals surface area (Å²) in [6.45, 7) is 6.99. The van der Waals surface area contributed by atoms with Crippen LogP contribution in [0.3, 0.4) is 0 Å². The molecule has 2 aromatic carbocycles. The highest BCUT2D eigenvalue weighted by Crippen LogP contribution is 2.53. The van der Waals surface area contributed by atoms with Crippen molar-refractivity contribution >= 4 is 29.0 Å². The standard InChI is InChI=1S/C28H31N3O5/c1-5-18-36-20-14-12-19(13-15-20)24(32)23-25(33)26(34)31(17-9-16-29(3)4)28(23)21-10-7-8-11-22(21)30(6-2)27(28)35/h5,7-8,10-15,32H,1,6,9,16-18H2,2-4H3/b24-23+. The minimum atomic E-state index is -1.73. The lowest BCUT2D eigenvalue weighted by Gasteiger charge is -2.34. The van der Waals surface area contributed by atoms with Gasteiger partial charge in [-0.05, 0) is 64.3 Å². The number of aliphatic hydroxyl groups is 1. The zero-order chi connectivity index (χ0) is 26.0. The van der Waals surface area contributed by atoms with Crippen LogP contribution >= 0.6 is 0 Å². The summed E-state index contributed by atoms with van der Waals surface area (Å²) in [4.78, 5) is 46.0. The highest BCUT2D eigenvalue weighted by atomic mass is 16.5. The van der Waals surface area contributed by atoms with Crippen LogP contribution in [0.4, 0.5) is 5.69 Å². The van der Waals surface area contributed by atoms with Crippen molar-refractivity contribution in [2.75, 3.05) is 45.2 Å². The number of Topliss-reactive ketones (excluding diaryl/α,β-unsaturated/α-hetero) is 1. The van der Waals surface area contributed by atoms with E-state index in [1.54, 1.807) is 53.4 Å². The largest absolute Gasteiger partial charge is 0.507 e. The van der Waals surface area contributed by atoms with Gasteiger partial charge >= 0.3 is 0 Å². The van der Waals surface area contributed by atoms with Crippen LogP contribution in [0.1, 0.15) is 24.5 Å². The van der Waals surface area contributed by atoms with E-state index in [1.165, 1.54) is 4.90 Å². The summed E-state index contributed by atoms with van der Waals surface area (Å²) < 4.78 is 5.51. The van der Waals surface area contributed by atoms with Crippen molar-refractivity contribution in [1.29, 1.82) is 0 Å². The van der Waals surface area contributed by atoms with Crippen LogP contribution in [0.2, 0.25) is 0 Å². The second-order valence-electron chi connectivity index (χ2n) is 9.07. The summed E-state index contributed by atoms with van der Waals surface area (Å²) in [5.41, 5.74) is -0.468. The molecule has 0 bridgehead atoms. The molecule has 0 aliphatic carbocycles. The van der Waals surface area contributed by atoms with Gasteiger partial charge in [-0.15, -0.1) is 0 Å². The fourth-order valence-corrected chi connectivity index (χ4v) is 5.03. The van der Waals surface area contributed by atoms with E-state index in [4.69, 9.17) is 4.74 Å². The third kappa shape index (κ3) is 3.87. The molecule has 2 heterocycles. The number of ketones is 1. The second-order valence-corrected chi connectivity index (χ2v) is 9.07. The third-order valence-corrected chi connectivity index (χ3v) is 6.61. The first-order chi connectivity index (χ1) is 17.3. The number of ether oxygens (including phenoxy) is 1. The van der Waals surface area contributed by atoms with Gasteiger partial charge in [0.1, 0.15) is 18.1 Å². The van der Waals surface area contributed by atoms with Crippen molar-refractivity contribution in [2.45, 2.75) is 18.9 Å². The predicted octanol–water partition coefficient (Wildman–Crippen LogP) is 3.15. The third-order valence-electron chi connectivity index (χ3n) is 6.61. The maximum absolute atomic E-state index is 14.1. The number of hydrogen-bond acceptors (Lipinski definition) is 6. The quantitative estimate of drug-likeness (QED) is 0.252. The Morgan fingerprint density at radius 3 is 2.44 bits per heavy atom. The van der Waals surface area contributed by atoms with Gasteiger partial charge in [0.05, 0.1) is 11.3 Å². The molecule has 8 nitrogen and oxygen atoms in total. The zero-order valence-corrected chi connectivity index (χ0v) is 20.9. The molecule has 188 valence electrons. The van der Waals surface area contributed by atoms with Gasteiger partial charge < -0.3 is 24.5 Å². The fraction of sp³-hybridized carbons (Fsp3) is 0.321. The summed E-state index contributed by atoms with van der Waals surface area (Å²) in [5.74, 6) is -1.90. The van der Waals surface area contributed by atoms with Crippen molar-refractivity contribution in [3.8, 4) is 5.75 Å². The van der Waals surface area contributed by atoms with E-state index < -0.39 is 23.1 Å². The number of likely N-dealkylation sites (tertiary alicyclic amines) is 1. The maximum atomic E-state index is 14.1. The van der Waals surface area contributed by atoms with Crippen LogP contribution in [0, 0.1) is 0 Å². The zero-order valence-electron chi connectivity index (χ0n) is 20.9. The number of benzene rings is 2. The van der Waals surface area contributed by atoms with Crippen LogP contribution in [0.25, 0.3) is 5.76 Å². The van der Waals surface area contributed by atoms with Gasteiger partial charge in [-0.1, -0.05) is 30.9 Å². The van der Waals surface area contributed by atoms with Gasteiger partial charge in [0.25, 0.3) is 17.6 Å². The fourth-order valence-electron chi connectivity index (χ4n) is 5.03. The predicted molar refractivity (Wildman–Crippen MR) is 138 cm³/mol. The van der Waals surface area contributed by atoms with E-state index in [-0.39, 0.29) is 17.9 Å². The van der Waals surface area contributed by atoms with Gasteiger partial charge in [0.2, 0.25) is 0 Å². The molecule has 1 unspecified atom stereocenters. The first-order valence-corrected chi connectivity index (χ1v) is 12.0. The molecule has 36 heavy (non-hydrogen) atoms. The topological polar surface area (TPSA) is 90.4 Å². The first-order valence-electron chi connectivity index (χ1n) is 12.0. The number of likely N-dealkylation sites (N-methyl/N-ethyl adjacent to an activating group) is 1.